The van der Waals surface area contributed by atoms with Crippen LogP contribution in [0.2, 0.25) is 5.02 Å². The van der Waals surface area contributed by atoms with Crippen molar-refractivity contribution < 1.29 is 23.8 Å². The van der Waals surface area contributed by atoms with Crippen LogP contribution in [0.1, 0.15) is 63.5 Å². The molecule has 7 heteroatoms. The first kappa shape index (κ1) is 26.8. The van der Waals surface area contributed by atoms with E-state index in [2.05, 4.69) is 5.32 Å². The summed E-state index contributed by atoms with van der Waals surface area (Å²) in [7, 11) is 1.58. The molecule has 6 nitrogen and oxygen atoms in total. The van der Waals surface area contributed by atoms with E-state index in [9.17, 15) is 9.59 Å². The maximum absolute atomic E-state index is 13.8. The SMILES string of the molecule is CCOc1ccc([C@H]2C(C(=O)OCC(C)C)=C(C)NC3=C2C(=O)C[C@H](c2ccc(Cl)cc2)C3)cc1OC. The van der Waals surface area contributed by atoms with Crippen LogP contribution in [0, 0.1) is 5.92 Å². The van der Waals surface area contributed by atoms with Crippen molar-refractivity contribution in [3.63, 3.8) is 0 Å². The zero-order valence-electron chi connectivity index (χ0n) is 22.0. The lowest BCUT2D eigenvalue weighted by Gasteiger charge is -2.37. The minimum absolute atomic E-state index is 0.00760. The van der Waals surface area contributed by atoms with Crippen LogP contribution in [0.4, 0.5) is 0 Å². The van der Waals surface area contributed by atoms with Crippen molar-refractivity contribution in [3.05, 3.63) is 81.2 Å². The topological polar surface area (TPSA) is 73.9 Å². The first-order valence-corrected chi connectivity index (χ1v) is 13.1. The number of nitrogens with one attached hydrogen (secondary N) is 1. The van der Waals surface area contributed by atoms with Gasteiger partial charge in [0.25, 0.3) is 0 Å². The van der Waals surface area contributed by atoms with E-state index in [-0.39, 0.29) is 17.6 Å². The number of methoxy groups -OCH3 is 1. The first-order chi connectivity index (χ1) is 17.7. The smallest absolute Gasteiger partial charge is 0.336 e. The molecule has 0 saturated heterocycles. The average molecular weight is 524 g/mol. The number of ether oxygens (including phenoxy) is 3. The molecule has 0 saturated carbocycles. The number of esters is 1. The molecule has 37 heavy (non-hydrogen) atoms. The summed E-state index contributed by atoms with van der Waals surface area (Å²) in [5.41, 5.74) is 4.43. The Hall–Kier alpha value is -3.25. The number of carbonyl (C=O) groups is 2. The lowest BCUT2D eigenvalue weighted by molar-refractivity contribution is -0.140. The second-order valence-corrected chi connectivity index (χ2v) is 10.3. The Morgan fingerprint density at radius 1 is 1.08 bits per heavy atom. The Morgan fingerprint density at radius 2 is 1.78 bits per heavy atom. The number of halogens is 1. The van der Waals surface area contributed by atoms with E-state index < -0.39 is 11.9 Å². The molecule has 0 aromatic heterocycles. The molecule has 2 aromatic carbocycles. The molecule has 196 valence electrons. The Bertz CT molecular complexity index is 1250. The summed E-state index contributed by atoms with van der Waals surface area (Å²) in [5, 5.41) is 4.06. The minimum atomic E-state index is -0.570. The molecule has 2 atom stereocenters. The fourth-order valence-electron chi connectivity index (χ4n) is 5.07. The van der Waals surface area contributed by atoms with Crippen molar-refractivity contribution in [1.29, 1.82) is 0 Å². The van der Waals surface area contributed by atoms with E-state index in [1.165, 1.54) is 0 Å². The third kappa shape index (κ3) is 5.69. The van der Waals surface area contributed by atoms with E-state index in [1.54, 1.807) is 7.11 Å². The van der Waals surface area contributed by atoms with Gasteiger partial charge in [-0.15, -0.1) is 0 Å². The average Bonchev–Trinajstić information content (AvgIpc) is 2.87. The van der Waals surface area contributed by atoms with E-state index in [4.69, 9.17) is 25.8 Å². The lowest BCUT2D eigenvalue weighted by atomic mass is 9.71. The van der Waals surface area contributed by atoms with Crippen LogP contribution >= 0.6 is 11.6 Å². The Kier molecular flexibility index (Phi) is 8.28. The maximum Gasteiger partial charge on any atom is 0.336 e. The van der Waals surface area contributed by atoms with Gasteiger partial charge in [0, 0.05) is 34.3 Å². The molecule has 2 aromatic rings. The minimum Gasteiger partial charge on any atom is -0.493 e. The number of rotatable bonds is 8. The molecule has 0 unspecified atom stereocenters. The van der Waals surface area contributed by atoms with Gasteiger partial charge < -0.3 is 19.5 Å². The van der Waals surface area contributed by atoms with Crippen molar-refractivity contribution in [1.82, 2.24) is 5.32 Å². The third-order valence-electron chi connectivity index (χ3n) is 6.76. The van der Waals surface area contributed by atoms with E-state index in [0.717, 1.165) is 16.8 Å². The number of hydrogen-bond donors (Lipinski definition) is 1. The highest BCUT2D eigenvalue weighted by molar-refractivity contribution is 6.30. The van der Waals surface area contributed by atoms with Crippen molar-refractivity contribution in [2.24, 2.45) is 5.92 Å². The fourth-order valence-corrected chi connectivity index (χ4v) is 5.20. The molecule has 0 radical (unpaired) electrons. The van der Waals surface area contributed by atoms with Gasteiger partial charge in [-0.05, 0) is 67.5 Å². The number of dihydropyridines is 1. The summed E-state index contributed by atoms with van der Waals surface area (Å²) in [4.78, 5) is 27.2. The summed E-state index contributed by atoms with van der Waals surface area (Å²) in [6.45, 7) is 8.55. The first-order valence-electron chi connectivity index (χ1n) is 12.7. The Morgan fingerprint density at radius 3 is 2.43 bits per heavy atom. The van der Waals surface area contributed by atoms with Crippen LogP contribution < -0.4 is 14.8 Å². The van der Waals surface area contributed by atoms with Crippen LogP contribution in [0.5, 0.6) is 11.5 Å². The number of carbonyl (C=O) groups excluding carboxylic acids is 2. The van der Waals surface area contributed by atoms with Gasteiger partial charge in [0.05, 0.1) is 25.9 Å². The van der Waals surface area contributed by atoms with Crippen molar-refractivity contribution >= 4 is 23.4 Å². The summed E-state index contributed by atoms with van der Waals surface area (Å²) in [5.74, 6) is 0.391. The van der Waals surface area contributed by atoms with Gasteiger partial charge in [0.15, 0.2) is 17.3 Å². The van der Waals surface area contributed by atoms with Crippen LogP contribution in [0.3, 0.4) is 0 Å². The quantitative estimate of drug-likeness (QED) is 0.409. The van der Waals surface area contributed by atoms with Crippen molar-refractivity contribution in [2.75, 3.05) is 20.3 Å². The van der Waals surface area contributed by atoms with Crippen LogP contribution in [0.25, 0.3) is 0 Å². The molecule has 2 aliphatic rings. The molecule has 0 fully saturated rings. The highest BCUT2D eigenvalue weighted by atomic mass is 35.5. The molecule has 4 rings (SSSR count). The largest absolute Gasteiger partial charge is 0.493 e. The third-order valence-corrected chi connectivity index (χ3v) is 7.01. The van der Waals surface area contributed by atoms with Gasteiger partial charge in [-0.25, -0.2) is 4.79 Å². The predicted molar refractivity (Wildman–Crippen MR) is 144 cm³/mol. The number of benzene rings is 2. The summed E-state index contributed by atoms with van der Waals surface area (Å²) < 4.78 is 17.0. The zero-order valence-corrected chi connectivity index (χ0v) is 22.8. The molecule has 0 spiro atoms. The molecule has 1 aliphatic carbocycles. The second-order valence-electron chi connectivity index (χ2n) is 9.90. The number of allylic oxidation sites excluding steroid dienone is 3. The molecule has 1 aliphatic heterocycles. The highest BCUT2D eigenvalue weighted by Gasteiger charge is 2.41. The Labute approximate surface area is 223 Å². The van der Waals surface area contributed by atoms with Gasteiger partial charge in [-0.2, -0.15) is 0 Å². The standard InChI is InChI=1S/C30H34ClNO5/c1-6-36-25-12-9-20(15-26(25)35-5)28-27(30(34)37-16-17(2)3)18(4)32-23-13-21(14-24(33)29(23)28)19-7-10-22(31)11-8-19/h7-12,15,17,21,28,32H,6,13-14,16H2,1-5H3/t21-,28+/m1/s1. The Balaban J connectivity index is 1.79. The molecular formula is C30H34ClNO5. The van der Waals surface area contributed by atoms with Gasteiger partial charge in [-0.3, -0.25) is 4.79 Å². The van der Waals surface area contributed by atoms with Crippen LogP contribution in [-0.2, 0) is 14.3 Å². The normalized spacial score (nSPS) is 19.5. The molecule has 1 N–H and O–H groups in total. The number of hydrogen-bond acceptors (Lipinski definition) is 6. The van der Waals surface area contributed by atoms with Crippen molar-refractivity contribution in [3.8, 4) is 11.5 Å². The van der Waals surface area contributed by atoms with Gasteiger partial charge in [-0.1, -0.05) is 43.6 Å². The summed E-state index contributed by atoms with van der Waals surface area (Å²) in [6, 6.07) is 13.2. The monoisotopic (exact) mass is 523 g/mol. The summed E-state index contributed by atoms with van der Waals surface area (Å²) in [6.07, 6.45) is 0.999. The molecular weight excluding hydrogens is 490 g/mol. The van der Waals surface area contributed by atoms with Crippen LogP contribution in [-0.4, -0.2) is 32.1 Å². The van der Waals surface area contributed by atoms with Crippen LogP contribution in [0.15, 0.2) is 65.0 Å². The number of ketones is 1. The summed E-state index contributed by atoms with van der Waals surface area (Å²) >= 11 is 6.08. The number of Topliss-reactive ketones (excluding diaryl/α,β-unsaturated/α-hetero) is 1. The van der Waals surface area contributed by atoms with Gasteiger partial charge >= 0.3 is 5.97 Å². The second kappa shape index (κ2) is 11.4. The predicted octanol–water partition coefficient (Wildman–Crippen LogP) is 6.31. The fraction of sp³-hybridized carbons (Fsp3) is 0.400. The van der Waals surface area contributed by atoms with E-state index in [1.807, 2.05) is 70.2 Å². The van der Waals surface area contributed by atoms with E-state index >= 15 is 0 Å². The zero-order chi connectivity index (χ0) is 26.7. The lowest BCUT2D eigenvalue weighted by Crippen LogP contribution is -2.36. The van der Waals surface area contributed by atoms with Crippen molar-refractivity contribution in [2.45, 2.75) is 52.4 Å². The van der Waals surface area contributed by atoms with E-state index in [0.29, 0.717) is 59.4 Å². The molecule has 0 bridgehead atoms. The van der Waals surface area contributed by atoms with Gasteiger partial charge in [0.2, 0.25) is 0 Å². The molecule has 1 heterocycles. The molecule has 0 amide bonds. The maximum atomic E-state index is 13.8. The highest BCUT2D eigenvalue weighted by Crippen LogP contribution is 2.47. The van der Waals surface area contributed by atoms with Gasteiger partial charge in [0.1, 0.15) is 0 Å².